The molecule has 0 N–H and O–H groups in total. The third-order valence-corrected chi connectivity index (χ3v) is 3.47. The summed E-state index contributed by atoms with van der Waals surface area (Å²) in [7, 11) is 0. The first-order chi connectivity index (χ1) is 7.79. The van der Waals surface area contributed by atoms with Crippen LogP contribution >= 0.6 is 0 Å². The average Bonchev–Trinajstić information content (AvgIpc) is 2.15. The topological polar surface area (TPSA) is 6.48 Å². The van der Waals surface area contributed by atoms with Crippen LogP contribution in [-0.2, 0) is 0 Å². The van der Waals surface area contributed by atoms with Crippen LogP contribution in [0.1, 0.15) is 41.0 Å². The van der Waals surface area contributed by atoms with E-state index in [0.717, 1.165) is 12.5 Å². The first kappa shape index (κ1) is 14.7. The fraction of sp³-hybridized carbons (Fsp3) is 0.867. The molecule has 0 aromatic carbocycles. The quantitative estimate of drug-likeness (QED) is 0.695. The molecule has 0 aromatic heterocycles. The Balaban J connectivity index is 2.30. The molecule has 1 rings (SSSR count). The van der Waals surface area contributed by atoms with Crippen LogP contribution in [0.2, 0.25) is 0 Å². The van der Waals surface area contributed by atoms with Gasteiger partial charge in [0.15, 0.2) is 0 Å². The Bertz CT molecular complexity index is 242. The minimum Gasteiger partial charge on any atom is -0.297 e. The molecule has 0 spiro atoms. The lowest BCUT2D eigenvalue weighted by Crippen LogP contribution is -2.53. The van der Waals surface area contributed by atoms with Crippen LogP contribution < -0.4 is 0 Å². The van der Waals surface area contributed by atoms with Gasteiger partial charge in [-0.25, -0.2) is 0 Å². The largest absolute Gasteiger partial charge is 0.297 e. The van der Waals surface area contributed by atoms with Gasteiger partial charge in [0.1, 0.15) is 0 Å². The number of piperazine rings is 1. The van der Waals surface area contributed by atoms with Crippen molar-refractivity contribution in [2.75, 3.05) is 32.7 Å². The van der Waals surface area contributed by atoms with E-state index >= 15 is 0 Å². The van der Waals surface area contributed by atoms with Crippen molar-refractivity contribution in [1.29, 1.82) is 0 Å². The van der Waals surface area contributed by atoms with Crippen LogP contribution in [0.5, 0.6) is 0 Å². The molecule has 0 saturated carbocycles. The molecular weight excluding hydrogens is 208 g/mol. The maximum Gasteiger partial charge on any atom is 0.0191 e. The Morgan fingerprint density at radius 3 is 2.06 bits per heavy atom. The van der Waals surface area contributed by atoms with Gasteiger partial charge in [0.25, 0.3) is 0 Å². The van der Waals surface area contributed by atoms with Crippen molar-refractivity contribution in [3.8, 4) is 0 Å². The number of rotatable bonds is 4. The Morgan fingerprint density at radius 1 is 1.12 bits per heavy atom. The van der Waals surface area contributed by atoms with Gasteiger partial charge < -0.3 is 0 Å². The molecule has 2 heteroatoms. The van der Waals surface area contributed by atoms with Crippen molar-refractivity contribution in [2.45, 2.75) is 46.6 Å². The molecule has 0 unspecified atom stereocenters. The Morgan fingerprint density at radius 2 is 1.65 bits per heavy atom. The third kappa shape index (κ3) is 5.22. The van der Waals surface area contributed by atoms with Crippen molar-refractivity contribution in [3.05, 3.63) is 12.2 Å². The van der Waals surface area contributed by atoms with E-state index in [-0.39, 0.29) is 0 Å². The highest BCUT2D eigenvalue weighted by atomic mass is 15.3. The molecule has 0 aromatic rings. The maximum atomic E-state index is 4.20. The molecule has 0 atom stereocenters. The Labute approximate surface area is 108 Å². The molecule has 0 aliphatic carbocycles. The number of hydrogen-bond donors (Lipinski definition) is 0. The van der Waals surface area contributed by atoms with Crippen molar-refractivity contribution in [2.24, 2.45) is 5.92 Å². The maximum absolute atomic E-state index is 4.20. The van der Waals surface area contributed by atoms with E-state index in [1.807, 2.05) is 0 Å². The average molecular weight is 238 g/mol. The minimum atomic E-state index is 0.320. The fourth-order valence-corrected chi connectivity index (χ4v) is 2.53. The summed E-state index contributed by atoms with van der Waals surface area (Å²) >= 11 is 0. The monoisotopic (exact) mass is 238 g/mol. The highest BCUT2D eigenvalue weighted by Gasteiger charge is 2.25. The van der Waals surface area contributed by atoms with Crippen molar-refractivity contribution < 1.29 is 0 Å². The summed E-state index contributed by atoms with van der Waals surface area (Å²) in [6, 6.07) is 0. The molecule has 1 saturated heterocycles. The predicted octanol–water partition coefficient (Wildman–Crippen LogP) is 3.00. The van der Waals surface area contributed by atoms with Gasteiger partial charge in [0, 0.05) is 38.3 Å². The van der Waals surface area contributed by atoms with Crippen LogP contribution in [0, 0.1) is 5.92 Å². The molecule has 0 bridgehead atoms. The third-order valence-electron chi connectivity index (χ3n) is 3.47. The predicted molar refractivity (Wildman–Crippen MR) is 76.4 cm³/mol. The Kier molecular flexibility index (Phi) is 5.21. The second kappa shape index (κ2) is 6.01. The smallest absolute Gasteiger partial charge is 0.0191 e. The molecule has 17 heavy (non-hydrogen) atoms. The second-order valence-electron chi connectivity index (χ2n) is 6.78. The van der Waals surface area contributed by atoms with E-state index in [0.29, 0.717) is 5.54 Å². The summed E-state index contributed by atoms with van der Waals surface area (Å²) in [5.74, 6) is 0.735. The second-order valence-corrected chi connectivity index (χ2v) is 6.78. The molecule has 1 aliphatic rings. The summed E-state index contributed by atoms with van der Waals surface area (Å²) in [6.07, 6.45) is 1.17. The molecule has 100 valence electrons. The lowest BCUT2D eigenvalue weighted by atomic mass is 10.0. The summed E-state index contributed by atoms with van der Waals surface area (Å²) in [6.45, 7) is 21.5. The van der Waals surface area contributed by atoms with Crippen LogP contribution in [0.4, 0.5) is 0 Å². The van der Waals surface area contributed by atoms with Gasteiger partial charge in [0.05, 0.1) is 0 Å². The van der Waals surface area contributed by atoms with Gasteiger partial charge in [-0.1, -0.05) is 26.0 Å². The lowest BCUT2D eigenvalue weighted by molar-refractivity contribution is 0.0660. The molecule has 0 amide bonds. The van der Waals surface area contributed by atoms with E-state index in [1.54, 1.807) is 0 Å². The van der Waals surface area contributed by atoms with E-state index in [1.165, 1.54) is 38.2 Å². The van der Waals surface area contributed by atoms with Gasteiger partial charge in [-0.2, -0.15) is 0 Å². The number of hydrogen-bond acceptors (Lipinski definition) is 2. The summed E-state index contributed by atoms with van der Waals surface area (Å²) in [5, 5.41) is 0. The standard InChI is InChI=1S/C15H30N2/c1-13(2)11-14(3)12-16-7-9-17(10-8-16)15(4,5)6/h13H,3,7-12H2,1-2,4-6H3. The highest BCUT2D eigenvalue weighted by Crippen LogP contribution is 2.17. The van der Waals surface area contributed by atoms with Crippen LogP contribution in [0.15, 0.2) is 12.2 Å². The van der Waals surface area contributed by atoms with Gasteiger partial charge in [0.2, 0.25) is 0 Å². The van der Waals surface area contributed by atoms with Gasteiger partial charge in [-0.3, -0.25) is 9.80 Å². The van der Waals surface area contributed by atoms with E-state index in [2.05, 4.69) is 51.0 Å². The number of nitrogens with zero attached hydrogens (tertiary/aromatic N) is 2. The van der Waals surface area contributed by atoms with Crippen LogP contribution in [0.25, 0.3) is 0 Å². The first-order valence-electron chi connectivity index (χ1n) is 6.93. The van der Waals surface area contributed by atoms with Crippen molar-refractivity contribution >= 4 is 0 Å². The molecule has 1 heterocycles. The zero-order valence-electron chi connectivity index (χ0n) is 12.4. The molecule has 1 aliphatic heterocycles. The highest BCUT2D eigenvalue weighted by molar-refractivity contribution is 4.99. The van der Waals surface area contributed by atoms with E-state index in [9.17, 15) is 0 Å². The molecule has 0 radical (unpaired) electrons. The SMILES string of the molecule is C=C(CC(C)C)CN1CCN(C(C)(C)C)CC1. The van der Waals surface area contributed by atoms with E-state index < -0.39 is 0 Å². The van der Waals surface area contributed by atoms with Crippen LogP contribution in [-0.4, -0.2) is 48.1 Å². The van der Waals surface area contributed by atoms with Gasteiger partial charge >= 0.3 is 0 Å². The zero-order valence-corrected chi connectivity index (χ0v) is 12.4. The van der Waals surface area contributed by atoms with Crippen molar-refractivity contribution in [3.63, 3.8) is 0 Å². The Hall–Kier alpha value is -0.340. The summed E-state index contributed by atoms with van der Waals surface area (Å²) in [4.78, 5) is 5.13. The zero-order chi connectivity index (χ0) is 13.1. The molecule has 1 fully saturated rings. The fourth-order valence-electron chi connectivity index (χ4n) is 2.53. The minimum absolute atomic E-state index is 0.320. The van der Waals surface area contributed by atoms with Crippen LogP contribution in [0.3, 0.4) is 0 Å². The van der Waals surface area contributed by atoms with Gasteiger partial charge in [-0.05, 0) is 33.1 Å². The molecule has 2 nitrogen and oxygen atoms in total. The summed E-state index contributed by atoms with van der Waals surface area (Å²) < 4.78 is 0. The normalized spacial score (nSPS) is 19.9. The summed E-state index contributed by atoms with van der Waals surface area (Å²) in [5.41, 5.74) is 1.71. The van der Waals surface area contributed by atoms with Gasteiger partial charge in [-0.15, -0.1) is 0 Å². The molecular formula is C15H30N2. The first-order valence-corrected chi connectivity index (χ1v) is 6.93. The van der Waals surface area contributed by atoms with E-state index in [4.69, 9.17) is 0 Å². The lowest BCUT2D eigenvalue weighted by Gasteiger charge is -2.42. The van der Waals surface area contributed by atoms with Crippen molar-refractivity contribution in [1.82, 2.24) is 9.80 Å².